The molecule has 2 aromatic carbocycles. The summed E-state index contributed by atoms with van der Waals surface area (Å²) in [6, 6.07) is 8.65. The summed E-state index contributed by atoms with van der Waals surface area (Å²) in [5.41, 5.74) is 0.993. The summed E-state index contributed by atoms with van der Waals surface area (Å²) in [5, 5.41) is 10.0. The van der Waals surface area contributed by atoms with E-state index in [9.17, 15) is 18.3 Å². The van der Waals surface area contributed by atoms with Crippen molar-refractivity contribution in [3.63, 3.8) is 0 Å². The molecule has 25 heavy (non-hydrogen) atoms. The van der Waals surface area contributed by atoms with Crippen LogP contribution in [0.15, 0.2) is 42.7 Å². The molecule has 0 aliphatic rings. The van der Waals surface area contributed by atoms with Gasteiger partial charge < -0.3 is 9.67 Å². The first-order valence-electron chi connectivity index (χ1n) is 7.59. The zero-order chi connectivity index (χ0) is 18.4. The van der Waals surface area contributed by atoms with Gasteiger partial charge in [0.2, 0.25) is 0 Å². The molecule has 0 saturated heterocycles. The van der Waals surface area contributed by atoms with Crippen LogP contribution < -0.4 is 0 Å². The Balaban J connectivity index is 2.06. The Morgan fingerprint density at radius 1 is 1.12 bits per heavy atom. The number of aliphatic hydroxyl groups is 1. The Bertz CT molecular complexity index is 926. The van der Waals surface area contributed by atoms with Crippen molar-refractivity contribution in [1.82, 2.24) is 9.55 Å². The highest BCUT2D eigenvalue weighted by molar-refractivity contribution is 6.33. The third-order valence-electron chi connectivity index (χ3n) is 3.79. The second-order valence-electron chi connectivity index (χ2n) is 6.58. The van der Waals surface area contributed by atoms with Gasteiger partial charge in [-0.05, 0) is 43.7 Å². The van der Waals surface area contributed by atoms with Crippen molar-refractivity contribution in [2.45, 2.75) is 32.2 Å². The Kier molecular flexibility index (Phi) is 4.29. The highest BCUT2D eigenvalue weighted by Gasteiger charge is 2.31. The van der Waals surface area contributed by atoms with E-state index in [1.165, 1.54) is 6.07 Å². The van der Waals surface area contributed by atoms with Crippen LogP contribution in [0.1, 0.15) is 19.4 Å². The van der Waals surface area contributed by atoms with E-state index in [1.54, 1.807) is 36.9 Å². The van der Waals surface area contributed by atoms with E-state index in [2.05, 4.69) is 4.98 Å². The maximum absolute atomic E-state index is 12.8. The maximum atomic E-state index is 12.8. The summed E-state index contributed by atoms with van der Waals surface area (Å²) in [6.07, 6.45) is -2.81. The maximum Gasteiger partial charge on any atom is 0.416 e. The van der Waals surface area contributed by atoms with Gasteiger partial charge in [-0.2, -0.15) is 13.2 Å². The zero-order valence-electron chi connectivity index (χ0n) is 13.6. The minimum Gasteiger partial charge on any atom is -0.389 e. The van der Waals surface area contributed by atoms with Crippen molar-refractivity contribution in [3.8, 4) is 11.1 Å². The number of fused-ring (bicyclic) bond motifs is 1. The number of benzene rings is 2. The number of hydrogen-bond acceptors (Lipinski definition) is 2. The molecule has 0 spiro atoms. The number of rotatable bonds is 3. The van der Waals surface area contributed by atoms with E-state index in [-0.39, 0.29) is 5.02 Å². The van der Waals surface area contributed by atoms with E-state index >= 15 is 0 Å². The van der Waals surface area contributed by atoms with Gasteiger partial charge >= 0.3 is 6.18 Å². The Labute approximate surface area is 147 Å². The second-order valence-corrected chi connectivity index (χ2v) is 6.99. The first kappa shape index (κ1) is 17.8. The van der Waals surface area contributed by atoms with Gasteiger partial charge in [-0.15, -0.1) is 0 Å². The smallest absolute Gasteiger partial charge is 0.389 e. The quantitative estimate of drug-likeness (QED) is 0.694. The molecule has 132 valence electrons. The SMILES string of the molecule is CC(C)(O)Cn1cnc2ccc(-c3ccc(C(F)(F)F)cc3Cl)cc21. The molecular formula is C18H16ClF3N2O. The molecule has 0 unspecified atom stereocenters. The molecule has 7 heteroatoms. The molecule has 3 nitrogen and oxygen atoms in total. The summed E-state index contributed by atoms with van der Waals surface area (Å²) in [6.45, 7) is 3.72. The Hall–Kier alpha value is -2.05. The van der Waals surface area contributed by atoms with E-state index < -0.39 is 17.3 Å². The fourth-order valence-corrected chi connectivity index (χ4v) is 2.98. The number of imidazole rings is 1. The summed E-state index contributed by atoms with van der Waals surface area (Å²) in [5.74, 6) is 0. The van der Waals surface area contributed by atoms with Gasteiger partial charge in [-0.1, -0.05) is 23.7 Å². The minimum absolute atomic E-state index is 0.0303. The van der Waals surface area contributed by atoms with Crippen LogP contribution in [0.2, 0.25) is 5.02 Å². The monoisotopic (exact) mass is 368 g/mol. The molecule has 1 aromatic heterocycles. The molecule has 0 atom stereocenters. The predicted molar refractivity (Wildman–Crippen MR) is 91.5 cm³/mol. The third-order valence-corrected chi connectivity index (χ3v) is 4.10. The fraction of sp³-hybridized carbons (Fsp3) is 0.278. The number of alkyl halides is 3. The average molecular weight is 369 g/mol. The van der Waals surface area contributed by atoms with Gasteiger partial charge in [-0.3, -0.25) is 0 Å². The molecule has 0 fully saturated rings. The van der Waals surface area contributed by atoms with Crippen LogP contribution in [-0.4, -0.2) is 20.3 Å². The lowest BCUT2D eigenvalue weighted by molar-refractivity contribution is -0.137. The molecule has 0 aliphatic carbocycles. The van der Waals surface area contributed by atoms with E-state index in [0.717, 1.165) is 23.2 Å². The third kappa shape index (κ3) is 3.80. The van der Waals surface area contributed by atoms with E-state index in [1.807, 2.05) is 6.07 Å². The van der Waals surface area contributed by atoms with Crippen molar-refractivity contribution in [1.29, 1.82) is 0 Å². The van der Waals surface area contributed by atoms with Crippen LogP contribution in [0.25, 0.3) is 22.2 Å². The molecule has 0 radical (unpaired) electrons. The summed E-state index contributed by atoms with van der Waals surface area (Å²) in [7, 11) is 0. The van der Waals surface area contributed by atoms with Crippen LogP contribution in [0.4, 0.5) is 13.2 Å². The van der Waals surface area contributed by atoms with Crippen LogP contribution in [0.5, 0.6) is 0 Å². The first-order valence-corrected chi connectivity index (χ1v) is 7.97. The van der Waals surface area contributed by atoms with Crippen molar-refractivity contribution in [3.05, 3.63) is 53.3 Å². The molecule has 3 aromatic rings. The number of aromatic nitrogens is 2. The van der Waals surface area contributed by atoms with Crippen molar-refractivity contribution < 1.29 is 18.3 Å². The van der Waals surface area contributed by atoms with Crippen molar-refractivity contribution in [2.75, 3.05) is 0 Å². The van der Waals surface area contributed by atoms with E-state index in [0.29, 0.717) is 17.7 Å². The summed E-state index contributed by atoms with van der Waals surface area (Å²) >= 11 is 6.08. The molecule has 0 bridgehead atoms. The van der Waals surface area contributed by atoms with Gasteiger partial charge in [0.15, 0.2) is 0 Å². The highest BCUT2D eigenvalue weighted by Crippen LogP contribution is 2.36. The Morgan fingerprint density at radius 2 is 1.84 bits per heavy atom. The van der Waals surface area contributed by atoms with Gasteiger partial charge in [0.05, 0.1) is 35.1 Å². The van der Waals surface area contributed by atoms with Crippen molar-refractivity contribution >= 4 is 22.6 Å². The molecule has 0 aliphatic heterocycles. The standard InChI is InChI=1S/C18H16ClF3N2O/c1-17(2,25)9-24-10-23-15-6-3-11(7-16(15)24)13-5-4-12(8-14(13)19)18(20,21)22/h3-8,10,25H,9H2,1-2H3. The molecule has 0 saturated carbocycles. The minimum atomic E-state index is -4.43. The largest absolute Gasteiger partial charge is 0.416 e. The number of nitrogens with zero attached hydrogens (tertiary/aromatic N) is 2. The zero-order valence-corrected chi connectivity index (χ0v) is 14.4. The van der Waals surface area contributed by atoms with Crippen LogP contribution in [0, 0.1) is 0 Å². The lowest BCUT2D eigenvalue weighted by Crippen LogP contribution is -2.25. The highest BCUT2D eigenvalue weighted by atomic mass is 35.5. The van der Waals surface area contributed by atoms with Gasteiger partial charge in [0.1, 0.15) is 0 Å². The van der Waals surface area contributed by atoms with Crippen LogP contribution in [0.3, 0.4) is 0 Å². The van der Waals surface area contributed by atoms with Gasteiger partial charge in [0.25, 0.3) is 0 Å². The fourth-order valence-electron chi connectivity index (χ4n) is 2.69. The molecular weight excluding hydrogens is 353 g/mol. The molecule has 0 amide bonds. The van der Waals surface area contributed by atoms with Crippen LogP contribution in [-0.2, 0) is 12.7 Å². The van der Waals surface area contributed by atoms with Crippen LogP contribution >= 0.6 is 11.6 Å². The number of halogens is 4. The summed E-state index contributed by atoms with van der Waals surface area (Å²) in [4.78, 5) is 4.28. The Morgan fingerprint density at radius 3 is 2.44 bits per heavy atom. The first-order chi connectivity index (χ1) is 11.5. The lowest BCUT2D eigenvalue weighted by atomic mass is 10.0. The molecule has 1 heterocycles. The van der Waals surface area contributed by atoms with Gasteiger partial charge in [0, 0.05) is 10.6 Å². The lowest BCUT2D eigenvalue weighted by Gasteiger charge is -2.18. The van der Waals surface area contributed by atoms with E-state index in [4.69, 9.17) is 11.6 Å². The second kappa shape index (κ2) is 6.04. The predicted octanol–water partition coefficient (Wildman–Crippen LogP) is 5.15. The summed E-state index contributed by atoms with van der Waals surface area (Å²) < 4.78 is 40.2. The van der Waals surface area contributed by atoms with Gasteiger partial charge in [-0.25, -0.2) is 4.98 Å². The van der Waals surface area contributed by atoms with Crippen molar-refractivity contribution in [2.24, 2.45) is 0 Å². The average Bonchev–Trinajstić information content (AvgIpc) is 2.86. The normalized spacial score (nSPS) is 12.8. The molecule has 3 rings (SSSR count). The molecule has 1 N–H and O–H groups in total. The number of hydrogen-bond donors (Lipinski definition) is 1. The topological polar surface area (TPSA) is 38.0 Å².